The normalized spacial score (nSPS) is 11.6. The van der Waals surface area contributed by atoms with E-state index in [1.807, 2.05) is 0 Å². The van der Waals surface area contributed by atoms with Crippen LogP contribution in [-0.2, 0) is 16.6 Å². The molecule has 4 aromatic rings. The molecule has 0 radical (unpaired) electrons. The predicted molar refractivity (Wildman–Crippen MR) is 122 cm³/mol. The number of amides is 1. The Morgan fingerprint density at radius 3 is 2.61 bits per heavy atom. The summed E-state index contributed by atoms with van der Waals surface area (Å²) < 4.78 is 47.5. The SMILES string of the molecule is CNC(=O)c1c(-c2ccc(F)cc2)oc2nc(N(CCn3ccnc3)S(C)(=O)=O)c(C)cc12. The van der Waals surface area contributed by atoms with Gasteiger partial charge in [0.1, 0.15) is 17.4 Å². The number of benzene rings is 1. The summed E-state index contributed by atoms with van der Waals surface area (Å²) in [7, 11) is -2.18. The van der Waals surface area contributed by atoms with Crippen LogP contribution < -0.4 is 9.62 Å². The number of aromatic nitrogens is 3. The fourth-order valence-corrected chi connectivity index (χ4v) is 4.49. The van der Waals surface area contributed by atoms with Crippen LogP contribution in [0, 0.1) is 12.7 Å². The van der Waals surface area contributed by atoms with E-state index in [-0.39, 0.29) is 29.4 Å². The summed E-state index contributed by atoms with van der Waals surface area (Å²) in [5.41, 5.74) is 1.39. The van der Waals surface area contributed by atoms with Crippen molar-refractivity contribution < 1.29 is 22.0 Å². The van der Waals surface area contributed by atoms with Gasteiger partial charge in [-0.05, 0) is 42.8 Å². The molecule has 4 rings (SSSR count). The molecule has 33 heavy (non-hydrogen) atoms. The molecule has 0 aliphatic rings. The molecular formula is C22H22FN5O4S. The number of hydrogen-bond donors (Lipinski definition) is 1. The van der Waals surface area contributed by atoms with Gasteiger partial charge in [0, 0.05) is 31.5 Å². The quantitative estimate of drug-likeness (QED) is 0.444. The summed E-state index contributed by atoms with van der Waals surface area (Å²) in [6, 6.07) is 7.21. The highest BCUT2D eigenvalue weighted by Gasteiger charge is 2.27. The molecule has 1 aromatic carbocycles. The van der Waals surface area contributed by atoms with Crippen molar-refractivity contribution in [2.75, 3.05) is 24.2 Å². The fourth-order valence-electron chi connectivity index (χ4n) is 3.58. The molecule has 0 saturated carbocycles. The fraction of sp³-hybridized carbons (Fsp3) is 0.227. The van der Waals surface area contributed by atoms with Gasteiger partial charge < -0.3 is 14.3 Å². The van der Waals surface area contributed by atoms with Crippen LogP contribution in [0.15, 0.2) is 53.5 Å². The van der Waals surface area contributed by atoms with Crippen LogP contribution in [0.5, 0.6) is 0 Å². The molecule has 172 valence electrons. The molecule has 0 fully saturated rings. The number of carbonyl (C=O) groups excluding carboxylic acids is 1. The number of hydrogen-bond acceptors (Lipinski definition) is 6. The zero-order valence-corrected chi connectivity index (χ0v) is 19.1. The molecule has 1 N–H and O–H groups in total. The zero-order chi connectivity index (χ0) is 23.8. The standard InChI is InChI=1S/C22H22FN5O4S/c1-14-12-17-18(21(29)24-2)19(15-4-6-16(23)7-5-15)32-22(17)26-20(14)28(33(3,30)31)11-10-27-9-8-25-13-27/h4-9,12-13H,10-11H2,1-3H3,(H,24,29). The van der Waals surface area contributed by atoms with Crippen LogP contribution in [0.3, 0.4) is 0 Å². The molecule has 0 atom stereocenters. The van der Waals surface area contributed by atoms with E-state index < -0.39 is 21.7 Å². The van der Waals surface area contributed by atoms with Crippen molar-refractivity contribution in [3.8, 4) is 11.3 Å². The van der Waals surface area contributed by atoms with E-state index in [4.69, 9.17) is 4.42 Å². The molecule has 3 heterocycles. The van der Waals surface area contributed by atoms with Crippen molar-refractivity contribution >= 4 is 32.8 Å². The molecule has 9 nitrogen and oxygen atoms in total. The van der Waals surface area contributed by atoms with Crippen molar-refractivity contribution in [3.63, 3.8) is 0 Å². The Hall–Kier alpha value is -3.73. The topological polar surface area (TPSA) is 110 Å². The second-order valence-electron chi connectivity index (χ2n) is 7.51. The highest BCUT2D eigenvalue weighted by molar-refractivity contribution is 7.92. The number of carbonyl (C=O) groups is 1. The van der Waals surface area contributed by atoms with Gasteiger partial charge >= 0.3 is 0 Å². The van der Waals surface area contributed by atoms with Crippen LogP contribution in [0.2, 0.25) is 0 Å². The number of pyridine rings is 1. The maximum absolute atomic E-state index is 13.4. The number of aryl methyl sites for hydroxylation is 1. The number of furan rings is 1. The Balaban J connectivity index is 1.86. The lowest BCUT2D eigenvalue weighted by atomic mass is 10.0. The van der Waals surface area contributed by atoms with E-state index in [0.29, 0.717) is 23.1 Å². The molecule has 0 bridgehead atoms. The van der Waals surface area contributed by atoms with Crippen molar-refractivity contribution in [3.05, 3.63) is 66.0 Å². The zero-order valence-electron chi connectivity index (χ0n) is 18.2. The monoisotopic (exact) mass is 471 g/mol. The number of rotatable bonds is 7. The van der Waals surface area contributed by atoms with Crippen molar-refractivity contribution in [1.29, 1.82) is 0 Å². The molecule has 0 unspecified atom stereocenters. The lowest BCUT2D eigenvalue weighted by Crippen LogP contribution is -2.34. The lowest BCUT2D eigenvalue weighted by Gasteiger charge is -2.23. The minimum Gasteiger partial charge on any atom is -0.437 e. The Bertz CT molecular complexity index is 1410. The molecule has 0 aliphatic heterocycles. The van der Waals surface area contributed by atoms with Gasteiger partial charge in [-0.15, -0.1) is 0 Å². The van der Waals surface area contributed by atoms with Crippen LogP contribution in [0.1, 0.15) is 15.9 Å². The summed E-state index contributed by atoms with van der Waals surface area (Å²) in [4.78, 5) is 21.1. The van der Waals surface area contributed by atoms with Gasteiger partial charge in [-0.3, -0.25) is 9.10 Å². The second-order valence-corrected chi connectivity index (χ2v) is 9.42. The number of imidazole rings is 1. The van der Waals surface area contributed by atoms with E-state index in [2.05, 4.69) is 15.3 Å². The second kappa shape index (κ2) is 8.66. The van der Waals surface area contributed by atoms with Gasteiger partial charge in [-0.1, -0.05) is 0 Å². The van der Waals surface area contributed by atoms with Gasteiger partial charge in [-0.2, -0.15) is 4.98 Å². The van der Waals surface area contributed by atoms with E-state index in [0.717, 1.165) is 6.26 Å². The third-order valence-corrected chi connectivity index (χ3v) is 6.32. The highest BCUT2D eigenvalue weighted by atomic mass is 32.2. The summed E-state index contributed by atoms with van der Waals surface area (Å²) in [6.07, 6.45) is 6.05. The van der Waals surface area contributed by atoms with Gasteiger partial charge in [-0.25, -0.2) is 17.8 Å². The van der Waals surface area contributed by atoms with Crippen LogP contribution >= 0.6 is 0 Å². The number of anilines is 1. The molecule has 3 aromatic heterocycles. The number of halogens is 1. The minimum absolute atomic E-state index is 0.102. The first-order chi connectivity index (χ1) is 15.7. The predicted octanol–water partition coefficient (Wildman–Crippen LogP) is 2.96. The number of nitrogens with zero attached hydrogens (tertiary/aromatic N) is 4. The molecule has 0 aliphatic carbocycles. The van der Waals surface area contributed by atoms with Crippen LogP contribution in [0.4, 0.5) is 10.2 Å². The van der Waals surface area contributed by atoms with Crippen molar-refractivity contribution in [2.45, 2.75) is 13.5 Å². The Morgan fingerprint density at radius 2 is 2.00 bits per heavy atom. The van der Waals surface area contributed by atoms with Gasteiger partial charge in [0.15, 0.2) is 0 Å². The molecule has 0 saturated heterocycles. The van der Waals surface area contributed by atoms with E-state index in [1.54, 1.807) is 36.3 Å². The third-order valence-electron chi connectivity index (χ3n) is 5.16. The molecule has 0 spiro atoms. The Kier molecular flexibility index (Phi) is 5.90. The maximum atomic E-state index is 13.4. The summed E-state index contributed by atoms with van der Waals surface area (Å²) >= 11 is 0. The summed E-state index contributed by atoms with van der Waals surface area (Å²) in [5, 5.41) is 3.01. The van der Waals surface area contributed by atoms with Crippen LogP contribution in [0.25, 0.3) is 22.4 Å². The highest BCUT2D eigenvalue weighted by Crippen LogP contribution is 2.35. The van der Waals surface area contributed by atoms with Gasteiger partial charge in [0.25, 0.3) is 5.91 Å². The number of fused-ring (bicyclic) bond motifs is 1. The van der Waals surface area contributed by atoms with Gasteiger partial charge in [0.05, 0.1) is 30.1 Å². The third kappa shape index (κ3) is 4.44. The minimum atomic E-state index is -3.67. The number of sulfonamides is 1. The van der Waals surface area contributed by atoms with Crippen molar-refractivity contribution in [1.82, 2.24) is 19.9 Å². The summed E-state index contributed by atoms with van der Waals surface area (Å²) in [6.45, 7) is 2.21. The number of nitrogens with one attached hydrogen (secondary N) is 1. The average Bonchev–Trinajstić information content (AvgIpc) is 3.41. The lowest BCUT2D eigenvalue weighted by molar-refractivity contribution is 0.0964. The smallest absolute Gasteiger partial charge is 0.255 e. The van der Waals surface area contributed by atoms with E-state index >= 15 is 0 Å². The average molecular weight is 472 g/mol. The Labute approximate surface area is 189 Å². The van der Waals surface area contributed by atoms with Gasteiger partial charge in [0.2, 0.25) is 15.7 Å². The molecular weight excluding hydrogens is 449 g/mol. The first-order valence-electron chi connectivity index (χ1n) is 10.0. The maximum Gasteiger partial charge on any atom is 0.255 e. The summed E-state index contributed by atoms with van der Waals surface area (Å²) in [5.74, 6) is -0.401. The largest absolute Gasteiger partial charge is 0.437 e. The van der Waals surface area contributed by atoms with E-state index in [1.165, 1.54) is 35.6 Å². The van der Waals surface area contributed by atoms with E-state index in [9.17, 15) is 17.6 Å². The Morgan fingerprint density at radius 1 is 1.27 bits per heavy atom. The van der Waals surface area contributed by atoms with Crippen LogP contribution in [-0.4, -0.2) is 48.7 Å². The molecule has 11 heteroatoms. The molecule has 1 amide bonds. The first-order valence-corrected chi connectivity index (χ1v) is 11.9. The van der Waals surface area contributed by atoms with Crippen molar-refractivity contribution in [2.24, 2.45) is 0 Å². The first kappa shape index (κ1) is 22.5.